The molecule has 1 atom stereocenters. The number of ether oxygens (including phenoxy) is 3. The van der Waals surface area contributed by atoms with Gasteiger partial charge in [0.2, 0.25) is 0 Å². The topological polar surface area (TPSA) is 77.9 Å². The molecule has 0 unspecified atom stereocenters. The maximum Gasteiger partial charge on any atom is 0.341 e. The van der Waals surface area contributed by atoms with E-state index in [1.807, 2.05) is 32.0 Å². The Morgan fingerprint density at radius 3 is 2.58 bits per heavy atom. The second-order valence-corrected chi connectivity index (χ2v) is 6.83. The molecule has 2 aromatic carbocycles. The molecule has 1 N–H and O–H groups in total. The molecular weight excluding hydrogens is 401 g/mol. The molecule has 31 heavy (non-hydrogen) atoms. The number of nitrogens with zero attached hydrogens (tertiary/aromatic N) is 1. The lowest BCUT2D eigenvalue weighted by Gasteiger charge is -2.20. The maximum atomic E-state index is 13.2. The van der Waals surface area contributed by atoms with Crippen molar-refractivity contribution < 1.29 is 28.5 Å². The summed E-state index contributed by atoms with van der Waals surface area (Å²) in [5.74, 6) is -0.279. The lowest BCUT2D eigenvalue weighted by molar-refractivity contribution is -0.139. The van der Waals surface area contributed by atoms with E-state index in [1.165, 1.54) is 12.1 Å². The zero-order chi connectivity index (χ0) is 22.2. The van der Waals surface area contributed by atoms with Crippen LogP contribution in [0.15, 0.2) is 60.7 Å². The van der Waals surface area contributed by atoms with Crippen molar-refractivity contribution in [2.45, 2.75) is 20.0 Å². The molecule has 0 saturated carbocycles. The number of benzene rings is 2. The zero-order valence-corrected chi connectivity index (χ0v) is 17.4. The molecule has 0 saturated heterocycles. The molecule has 0 aliphatic heterocycles. The summed E-state index contributed by atoms with van der Waals surface area (Å²) in [5, 5.41) is 8.78. The van der Waals surface area contributed by atoms with Crippen LogP contribution in [-0.2, 0) is 9.53 Å². The summed E-state index contributed by atoms with van der Waals surface area (Å²) in [5.41, 5.74) is 2.94. The molecule has 0 aliphatic carbocycles. The molecule has 1 aromatic heterocycles. The minimum atomic E-state index is -1.04. The Labute approximate surface area is 180 Å². The molecule has 0 spiro atoms. The average Bonchev–Trinajstić information content (AvgIpc) is 2.76. The number of hydrogen-bond donors (Lipinski definition) is 1. The van der Waals surface area contributed by atoms with Crippen LogP contribution < -0.4 is 9.47 Å². The molecule has 3 aromatic rings. The van der Waals surface area contributed by atoms with Crippen molar-refractivity contribution in [1.29, 1.82) is 0 Å². The fraction of sp³-hybridized carbons (Fsp3) is 0.250. The van der Waals surface area contributed by atoms with Gasteiger partial charge in [0.1, 0.15) is 17.3 Å². The third-order valence-electron chi connectivity index (χ3n) is 4.49. The van der Waals surface area contributed by atoms with Gasteiger partial charge in [-0.05, 0) is 74.0 Å². The molecule has 3 rings (SSSR count). The molecule has 0 aliphatic rings. The van der Waals surface area contributed by atoms with Crippen LogP contribution in [0.5, 0.6) is 11.5 Å². The maximum absolute atomic E-state index is 13.2. The highest BCUT2D eigenvalue weighted by atomic mass is 19.1. The Morgan fingerprint density at radius 1 is 1.13 bits per heavy atom. The van der Waals surface area contributed by atoms with Crippen LogP contribution in [0.3, 0.4) is 0 Å². The Balaban J connectivity index is 1.82. The number of rotatable bonds is 10. The van der Waals surface area contributed by atoms with Crippen molar-refractivity contribution in [3.05, 3.63) is 77.7 Å². The summed E-state index contributed by atoms with van der Waals surface area (Å²) in [4.78, 5) is 15.4. The minimum absolute atomic E-state index is 0.298. The van der Waals surface area contributed by atoms with Gasteiger partial charge in [0.15, 0.2) is 12.7 Å². The number of halogens is 1. The second kappa shape index (κ2) is 10.5. The van der Waals surface area contributed by atoms with Crippen molar-refractivity contribution in [1.82, 2.24) is 4.98 Å². The van der Waals surface area contributed by atoms with Gasteiger partial charge < -0.3 is 19.3 Å². The summed E-state index contributed by atoms with van der Waals surface area (Å²) < 4.78 is 30.3. The van der Waals surface area contributed by atoms with E-state index in [1.54, 1.807) is 30.3 Å². The van der Waals surface area contributed by atoms with E-state index in [2.05, 4.69) is 0 Å². The molecule has 162 valence electrons. The average molecular weight is 425 g/mol. The number of pyridine rings is 1. The first-order chi connectivity index (χ1) is 15.0. The van der Waals surface area contributed by atoms with Gasteiger partial charge in [0, 0.05) is 12.2 Å². The largest absolute Gasteiger partial charge is 0.482 e. The smallest absolute Gasteiger partial charge is 0.341 e. The first-order valence-corrected chi connectivity index (χ1v) is 9.88. The monoisotopic (exact) mass is 425 g/mol. The van der Waals surface area contributed by atoms with E-state index >= 15 is 0 Å². The van der Waals surface area contributed by atoms with Gasteiger partial charge in [0.25, 0.3) is 0 Å². The van der Waals surface area contributed by atoms with Gasteiger partial charge in [0.05, 0.1) is 18.0 Å². The van der Waals surface area contributed by atoms with Crippen LogP contribution >= 0.6 is 0 Å². The molecule has 6 nitrogen and oxygen atoms in total. The fourth-order valence-corrected chi connectivity index (χ4v) is 2.98. The molecular formula is C24H24FNO5. The van der Waals surface area contributed by atoms with Crippen molar-refractivity contribution >= 4 is 5.97 Å². The molecule has 0 radical (unpaired) electrons. The van der Waals surface area contributed by atoms with Gasteiger partial charge in [-0.25, -0.2) is 14.2 Å². The van der Waals surface area contributed by atoms with Crippen LogP contribution in [0.25, 0.3) is 11.3 Å². The number of aryl methyl sites for hydroxylation is 1. The summed E-state index contributed by atoms with van der Waals surface area (Å²) in [6, 6.07) is 16.9. The highest BCUT2D eigenvalue weighted by Gasteiger charge is 2.17. The van der Waals surface area contributed by atoms with Crippen LogP contribution in [0.1, 0.15) is 24.3 Å². The van der Waals surface area contributed by atoms with E-state index < -0.39 is 18.7 Å². The summed E-state index contributed by atoms with van der Waals surface area (Å²) in [6.07, 6.45) is -0.467. The second-order valence-electron chi connectivity index (χ2n) is 6.83. The van der Waals surface area contributed by atoms with Crippen LogP contribution in [0, 0.1) is 12.7 Å². The van der Waals surface area contributed by atoms with Gasteiger partial charge in [-0.2, -0.15) is 0 Å². The molecule has 0 fully saturated rings. The Bertz CT molecular complexity index is 1020. The lowest BCUT2D eigenvalue weighted by Crippen LogP contribution is -2.16. The normalized spacial score (nSPS) is 11.7. The lowest BCUT2D eigenvalue weighted by atomic mass is 10.1. The number of carboxylic acid groups (broad SMARTS) is 1. The molecule has 0 bridgehead atoms. The standard InChI is InChI=1S/C24H24FNO5/c1-3-29-14-23(31-19-11-12-22(16(2)13-19)30-15-24(27)28)21-6-4-5-20(26-21)17-7-9-18(25)10-8-17/h4-13,23H,3,14-15H2,1-2H3,(H,27,28)/t23-/m0/s1. The first kappa shape index (κ1) is 22.2. The highest BCUT2D eigenvalue weighted by molar-refractivity contribution is 5.68. The predicted molar refractivity (Wildman–Crippen MR) is 114 cm³/mol. The van der Waals surface area contributed by atoms with Gasteiger partial charge >= 0.3 is 5.97 Å². The Hall–Kier alpha value is -3.45. The third-order valence-corrected chi connectivity index (χ3v) is 4.49. The van der Waals surface area contributed by atoms with E-state index in [-0.39, 0.29) is 5.82 Å². The summed E-state index contributed by atoms with van der Waals surface area (Å²) in [6.45, 7) is 4.13. The van der Waals surface area contributed by atoms with Crippen LogP contribution in [0.2, 0.25) is 0 Å². The van der Waals surface area contributed by atoms with Crippen molar-refractivity contribution in [3.8, 4) is 22.8 Å². The number of carbonyl (C=O) groups is 1. The van der Waals surface area contributed by atoms with Crippen LogP contribution in [0.4, 0.5) is 4.39 Å². The fourth-order valence-electron chi connectivity index (χ4n) is 2.98. The summed E-state index contributed by atoms with van der Waals surface area (Å²) >= 11 is 0. The highest BCUT2D eigenvalue weighted by Crippen LogP contribution is 2.28. The van der Waals surface area contributed by atoms with Gasteiger partial charge in [-0.3, -0.25) is 0 Å². The molecule has 0 amide bonds. The Kier molecular flexibility index (Phi) is 7.56. The quantitative estimate of drug-likeness (QED) is 0.502. The predicted octanol–water partition coefficient (Wildman–Crippen LogP) is 4.82. The van der Waals surface area contributed by atoms with E-state index in [9.17, 15) is 9.18 Å². The SMILES string of the molecule is CCOC[C@H](Oc1ccc(OCC(=O)O)c(C)c1)c1cccc(-c2ccc(F)cc2)n1. The summed E-state index contributed by atoms with van der Waals surface area (Å²) in [7, 11) is 0. The third kappa shape index (κ3) is 6.26. The zero-order valence-electron chi connectivity index (χ0n) is 17.4. The minimum Gasteiger partial charge on any atom is -0.482 e. The van der Waals surface area contributed by atoms with Crippen molar-refractivity contribution in [2.75, 3.05) is 19.8 Å². The van der Waals surface area contributed by atoms with E-state index in [4.69, 9.17) is 24.3 Å². The van der Waals surface area contributed by atoms with Crippen LogP contribution in [-0.4, -0.2) is 35.9 Å². The number of aliphatic carboxylic acids is 1. The van der Waals surface area contributed by atoms with Crippen molar-refractivity contribution in [3.63, 3.8) is 0 Å². The van der Waals surface area contributed by atoms with E-state index in [0.717, 1.165) is 11.1 Å². The molecule has 7 heteroatoms. The molecule has 1 heterocycles. The van der Waals surface area contributed by atoms with Gasteiger partial charge in [-0.15, -0.1) is 0 Å². The van der Waals surface area contributed by atoms with Crippen molar-refractivity contribution in [2.24, 2.45) is 0 Å². The van der Waals surface area contributed by atoms with E-state index in [0.29, 0.717) is 36.1 Å². The van der Waals surface area contributed by atoms with Gasteiger partial charge in [-0.1, -0.05) is 6.07 Å². The number of carboxylic acids is 1. The Morgan fingerprint density at radius 2 is 1.90 bits per heavy atom. The number of aromatic nitrogens is 1. The number of hydrogen-bond acceptors (Lipinski definition) is 5. The first-order valence-electron chi connectivity index (χ1n) is 9.88.